The summed E-state index contributed by atoms with van der Waals surface area (Å²) in [5.41, 5.74) is -0.604. The maximum absolute atomic E-state index is 12.7. The lowest BCUT2D eigenvalue weighted by Crippen LogP contribution is -2.47. The van der Waals surface area contributed by atoms with E-state index < -0.39 is 21.5 Å². The molecule has 0 spiro atoms. The summed E-state index contributed by atoms with van der Waals surface area (Å²) in [6, 6.07) is 0. The summed E-state index contributed by atoms with van der Waals surface area (Å²) >= 11 is 0. The maximum atomic E-state index is 12.7. The third-order valence-electron chi connectivity index (χ3n) is 7.27. The summed E-state index contributed by atoms with van der Waals surface area (Å²) < 4.78 is 32.5. The zero-order valence-corrected chi connectivity index (χ0v) is 17.8. The van der Waals surface area contributed by atoms with Crippen molar-refractivity contribution in [3.05, 3.63) is 18.7 Å². The van der Waals surface area contributed by atoms with E-state index in [4.69, 9.17) is 0 Å². The lowest BCUT2D eigenvalue weighted by molar-refractivity contribution is -0.696. The summed E-state index contributed by atoms with van der Waals surface area (Å²) in [6.45, 7) is 8.71. The second-order valence-electron chi connectivity index (χ2n) is 9.11. The van der Waals surface area contributed by atoms with Crippen LogP contribution in [0.2, 0.25) is 0 Å². The number of hydrogen-bond donors (Lipinski definition) is 2. The van der Waals surface area contributed by atoms with Crippen molar-refractivity contribution >= 4 is 10.0 Å². The molecule has 1 heterocycles. The van der Waals surface area contributed by atoms with Crippen LogP contribution >= 0.6 is 0 Å². The Kier molecular flexibility index (Phi) is 6.04. The van der Waals surface area contributed by atoms with E-state index in [9.17, 15) is 13.5 Å². The molecule has 0 aliphatic heterocycles. The van der Waals surface area contributed by atoms with Crippen LogP contribution in [0.3, 0.4) is 0 Å². The first-order valence-electron chi connectivity index (χ1n) is 10.4. The predicted octanol–water partition coefficient (Wildman–Crippen LogP) is 2.07. The zero-order valence-electron chi connectivity index (χ0n) is 17.0. The third kappa shape index (κ3) is 4.10. The average Bonchev–Trinajstić information content (AvgIpc) is 3.19. The van der Waals surface area contributed by atoms with Gasteiger partial charge < -0.3 is 5.11 Å². The molecule has 1 aromatic rings. The van der Waals surface area contributed by atoms with Gasteiger partial charge in [-0.25, -0.2) is 22.3 Å². The van der Waals surface area contributed by atoms with E-state index in [1.54, 1.807) is 0 Å². The molecule has 0 unspecified atom stereocenters. The number of unbranched alkanes of at least 4 members (excludes halogenated alkanes) is 1. The van der Waals surface area contributed by atoms with Crippen LogP contribution in [0, 0.1) is 16.7 Å². The monoisotopic (exact) mass is 398 g/mol. The van der Waals surface area contributed by atoms with Gasteiger partial charge in [-0.15, -0.1) is 0 Å². The number of nitrogens with zero attached hydrogens (tertiary/aromatic N) is 2. The molecule has 0 aromatic carbocycles. The minimum atomic E-state index is -3.40. The van der Waals surface area contributed by atoms with E-state index in [-0.39, 0.29) is 11.2 Å². The number of hydrogen-bond acceptors (Lipinski definition) is 3. The van der Waals surface area contributed by atoms with Crippen LogP contribution < -0.4 is 9.29 Å². The number of imidazole rings is 1. The Labute approximate surface area is 164 Å². The highest BCUT2D eigenvalue weighted by atomic mass is 32.2. The highest BCUT2D eigenvalue weighted by Crippen LogP contribution is 2.65. The van der Waals surface area contributed by atoms with Gasteiger partial charge in [0, 0.05) is 12.0 Å². The fourth-order valence-electron chi connectivity index (χ4n) is 5.30. The summed E-state index contributed by atoms with van der Waals surface area (Å²) in [5, 5.41) is 10.6. The Morgan fingerprint density at radius 1 is 1.33 bits per heavy atom. The Morgan fingerprint density at radius 3 is 2.74 bits per heavy atom. The molecule has 3 rings (SSSR count). The normalized spacial score (nSPS) is 29.5. The van der Waals surface area contributed by atoms with Gasteiger partial charge in [-0.2, -0.15) is 0 Å². The minimum Gasteiger partial charge on any atom is -0.392 e. The molecular weight excluding hydrogens is 362 g/mol. The number of aliphatic hydroxyl groups excluding tert-OH is 1. The Balaban J connectivity index is 1.49. The van der Waals surface area contributed by atoms with E-state index in [1.807, 2.05) is 6.20 Å². The van der Waals surface area contributed by atoms with Crippen molar-refractivity contribution in [3.8, 4) is 0 Å². The Morgan fingerprint density at radius 2 is 2.11 bits per heavy atom. The molecule has 3 atom stereocenters. The molecule has 0 saturated heterocycles. The highest BCUT2D eigenvalue weighted by Gasteiger charge is 2.64. The molecule has 0 radical (unpaired) electrons. The van der Waals surface area contributed by atoms with Gasteiger partial charge in [-0.05, 0) is 43.4 Å². The molecule has 6 nitrogen and oxygen atoms in total. The second kappa shape index (κ2) is 7.84. The average molecular weight is 399 g/mol. The van der Waals surface area contributed by atoms with Crippen molar-refractivity contribution in [2.24, 2.45) is 16.7 Å². The number of fused-ring (bicyclic) bond motifs is 2. The topological polar surface area (TPSA) is 75.2 Å². The minimum absolute atomic E-state index is 0.0468. The van der Waals surface area contributed by atoms with Crippen molar-refractivity contribution in [2.45, 2.75) is 78.5 Å². The largest absolute Gasteiger partial charge is 0.392 e. The maximum Gasteiger partial charge on any atom is 0.243 e. The third-order valence-corrected chi connectivity index (χ3v) is 8.81. The molecule has 2 bridgehead atoms. The van der Waals surface area contributed by atoms with Gasteiger partial charge in [-0.3, -0.25) is 0 Å². The standard InChI is InChI=1S/C20H36N3O3S/c1-4-5-10-22-12-13-23(16-22)11-6-9-21-27(25,26)15-20-8-7-17(14-18(20)24)19(20,2)3/h12-13,16-18,21,24H,4-11,14-15H2,1-3H3/q+1/t17-,18+,20-/m1/s1. The zero-order chi connectivity index (χ0) is 19.7. The molecule has 1 aromatic heterocycles. The molecule has 2 saturated carbocycles. The first kappa shape index (κ1) is 20.8. The molecule has 0 amide bonds. The lowest BCUT2D eigenvalue weighted by Gasteiger charge is -2.40. The van der Waals surface area contributed by atoms with E-state index in [0.717, 1.165) is 38.8 Å². The van der Waals surface area contributed by atoms with Crippen molar-refractivity contribution in [1.82, 2.24) is 9.29 Å². The fraction of sp³-hybridized carbons (Fsp3) is 0.850. The van der Waals surface area contributed by atoms with Gasteiger partial charge in [0.2, 0.25) is 16.4 Å². The van der Waals surface area contributed by atoms with Crippen LogP contribution in [0.25, 0.3) is 0 Å². The number of aromatic nitrogens is 2. The van der Waals surface area contributed by atoms with Gasteiger partial charge >= 0.3 is 0 Å². The number of aryl methyl sites for hydroxylation is 2. The molecule has 2 aliphatic carbocycles. The molecular formula is C20H36N3O3S+. The molecule has 27 heavy (non-hydrogen) atoms. The first-order valence-corrected chi connectivity index (χ1v) is 12.1. The number of aliphatic hydroxyl groups is 1. The van der Waals surface area contributed by atoms with Crippen molar-refractivity contribution in [1.29, 1.82) is 0 Å². The van der Waals surface area contributed by atoms with Crippen LogP contribution in [0.5, 0.6) is 0 Å². The van der Waals surface area contributed by atoms with E-state index in [1.165, 1.54) is 12.8 Å². The van der Waals surface area contributed by atoms with E-state index >= 15 is 0 Å². The number of nitrogens with one attached hydrogen (secondary N) is 1. The van der Waals surface area contributed by atoms with Crippen LogP contribution in [-0.2, 0) is 23.1 Å². The summed E-state index contributed by atoms with van der Waals surface area (Å²) in [4.78, 5) is 0. The second-order valence-corrected chi connectivity index (χ2v) is 10.9. The smallest absolute Gasteiger partial charge is 0.243 e. The number of sulfonamides is 1. The van der Waals surface area contributed by atoms with Crippen LogP contribution in [0.15, 0.2) is 18.7 Å². The van der Waals surface area contributed by atoms with Crippen molar-refractivity contribution < 1.29 is 18.1 Å². The van der Waals surface area contributed by atoms with Gasteiger partial charge in [0.05, 0.1) is 24.9 Å². The van der Waals surface area contributed by atoms with Gasteiger partial charge in [0.15, 0.2) is 0 Å². The van der Waals surface area contributed by atoms with Crippen LogP contribution in [0.4, 0.5) is 0 Å². The van der Waals surface area contributed by atoms with E-state index in [2.05, 4.69) is 47.2 Å². The summed E-state index contributed by atoms with van der Waals surface area (Å²) in [7, 11) is -3.40. The van der Waals surface area contributed by atoms with Crippen LogP contribution in [-0.4, -0.2) is 36.5 Å². The lowest BCUT2D eigenvalue weighted by atomic mass is 9.70. The quantitative estimate of drug-likeness (QED) is 0.468. The number of rotatable bonds is 10. The molecule has 154 valence electrons. The summed E-state index contributed by atoms with van der Waals surface area (Å²) in [6.07, 6.45) is 11.4. The van der Waals surface area contributed by atoms with Gasteiger partial charge in [0.25, 0.3) is 0 Å². The molecule has 2 N–H and O–H groups in total. The first-order chi connectivity index (χ1) is 12.7. The summed E-state index contributed by atoms with van der Waals surface area (Å²) in [5.74, 6) is 0.487. The van der Waals surface area contributed by atoms with Crippen LogP contribution in [0.1, 0.15) is 59.3 Å². The molecule has 2 aliphatic rings. The molecule has 2 fully saturated rings. The Bertz CT molecular complexity index is 743. The fourth-order valence-corrected chi connectivity index (χ4v) is 7.25. The predicted molar refractivity (Wildman–Crippen MR) is 106 cm³/mol. The van der Waals surface area contributed by atoms with Crippen molar-refractivity contribution in [2.75, 3.05) is 12.3 Å². The van der Waals surface area contributed by atoms with E-state index in [0.29, 0.717) is 12.5 Å². The highest BCUT2D eigenvalue weighted by molar-refractivity contribution is 7.89. The molecule has 7 heteroatoms. The van der Waals surface area contributed by atoms with Gasteiger partial charge in [-0.1, -0.05) is 27.2 Å². The van der Waals surface area contributed by atoms with Gasteiger partial charge in [0.1, 0.15) is 12.4 Å². The van der Waals surface area contributed by atoms with Crippen molar-refractivity contribution in [3.63, 3.8) is 0 Å². The Hall–Kier alpha value is -0.920. The SMILES string of the molecule is CCCCn1cc[n+](CCCNS(=O)(=O)C[C@]23CC[C@H](C[C@@H]2O)C3(C)C)c1.